The Kier molecular flexibility index (Phi) is 1.94. The van der Waals surface area contributed by atoms with Gasteiger partial charge in [0.1, 0.15) is 5.15 Å². The third-order valence-electron chi connectivity index (χ3n) is 1.72. The largest absolute Gasteiger partial charge is 0.396 e. The van der Waals surface area contributed by atoms with Gasteiger partial charge in [-0.15, -0.1) is 0 Å². The third kappa shape index (κ3) is 1.51. The lowest BCUT2D eigenvalue weighted by Gasteiger charge is -2.05. The Morgan fingerprint density at radius 2 is 1.92 bits per heavy atom. The van der Waals surface area contributed by atoms with Gasteiger partial charge in [0.15, 0.2) is 5.82 Å². The minimum atomic E-state index is 0.443. The first-order valence-electron chi connectivity index (χ1n) is 3.83. The number of pyridine rings is 1. The Morgan fingerprint density at radius 1 is 1.23 bits per heavy atom. The van der Waals surface area contributed by atoms with Crippen LogP contribution >= 0.6 is 11.6 Å². The van der Waals surface area contributed by atoms with Crippen molar-refractivity contribution in [2.45, 2.75) is 0 Å². The lowest BCUT2D eigenvalue weighted by atomic mass is 10.4. The van der Waals surface area contributed by atoms with Crippen molar-refractivity contribution < 1.29 is 0 Å². The summed E-state index contributed by atoms with van der Waals surface area (Å²) in [5.41, 5.74) is 6.35. The van der Waals surface area contributed by atoms with Crippen molar-refractivity contribution >= 4 is 17.3 Å². The fourth-order valence-corrected chi connectivity index (χ4v) is 1.26. The van der Waals surface area contributed by atoms with E-state index in [1.165, 1.54) is 0 Å². The molecular formula is C9H8ClN3. The molecule has 0 aromatic carbocycles. The highest BCUT2D eigenvalue weighted by Crippen LogP contribution is 2.17. The van der Waals surface area contributed by atoms with Gasteiger partial charge >= 0.3 is 0 Å². The van der Waals surface area contributed by atoms with E-state index in [-0.39, 0.29) is 0 Å². The van der Waals surface area contributed by atoms with Crippen molar-refractivity contribution in [3.05, 3.63) is 41.8 Å². The maximum atomic E-state index is 5.75. The van der Waals surface area contributed by atoms with Gasteiger partial charge in [0.2, 0.25) is 0 Å². The van der Waals surface area contributed by atoms with Crippen LogP contribution in [0.15, 0.2) is 36.7 Å². The minimum absolute atomic E-state index is 0.443. The summed E-state index contributed by atoms with van der Waals surface area (Å²) in [6.45, 7) is 0. The summed E-state index contributed by atoms with van der Waals surface area (Å²) < 4.78 is 1.82. The average Bonchev–Trinajstić information content (AvgIpc) is 2.61. The number of hydrogen-bond acceptors (Lipinski definition) is 2. The van der Waals surface area contributed by atoms with E-state index in [9.17, 15) is 0 Å². The molecule has 0 aliphatic rings. The second-order valence-electron chi connectivity index (χ2n) is 2.64. The lowest BCUT2D eigenvalue weighted by molar-refractivity contribution is 1.01. The van der Waals surface area contributed by atoms with Crippen LogP contribution in [0.1, 0.15) is 0 Å². The predicted octanol–water partition coefficient (Wildman–Crippen LogP) is 2.11. The average molecular weight is 194 g/mol. The number of hydrogen-bond donors (Lipinski definition) is 1. The van der Waals surface area contributed by atoms with E-state index in [1.807, 2.05) is 29.1 Å². The van der Waals surface area contributed by atoms with E-state index in [4.69, 9.17) is 17.3 Å². The number of nitrogens with two attached hydrogens (primary N) is 1. The van der Waals surface area contributed by atoms with Gasteiger partial charge in [-0.05, 0) is 24.3 Å². The molecule has 2 N–H and O–H groups in total. The first-order valence-corrected chi connectivity index (χ1v) is 4.20. The quantitative estimate of drug-likeness (QED) is 0.705. The zero-order chi connectivity index (χ0) is 9.26. The van der Waals surface area contributed by atoms with E-state index in [0.29, 0.717) is 16.7 Å². The Hall–Kier alpha value is -1.48. The molecule has 0 amide bonds. The third-order valence-corrected chi connectivity index (χ3v) is 1.93. The normalized spacial score (nSPS) is 10.2. The van der Waals surface area contributed by atoms with Gasteiger partial charge in [-0.2, -0.15) is 0 Å². The summed E-state index contributed by atoms with van der Waals surface area (Å²) in [6, 6.07) is 7.22. The monoisotopic (exact) mass is 193 g/mol. The molecule has 2 rings (SSSR count). The molecule has 4 heteroatoms. The van der Waals surface area contributed by atoms with Gasteiger partial charge in [0, 0.05) is 12.4 Å². The Bertz CT molecular complexity index is 409. The summed E-state index contributed by atoms with van der Waals surface area (Å²) in [5, 5.41) is 0.443. The summed E-state index contributed by atoms with van der Waals surface area (Å²) in [6.07, 6.45) is 3.74. The van der Waals surface area contributed by atoms with Gasteiger partial charge in [0.05, 0.1) is 5.69 Å². The molecule has 0 unspecified atom stereocenters. The van der Waals surface area contributed by atoms with Gasteiger partial charge in [-0.1, -0.05) is 11.6 Å². The highest BCUT2D eigenvalue weighted by atomic mass is 35.5. The van der Waals surface area contributed by atoms with Crippen LogP contribution in [0.2, 0.25) is 5.15 Å². The first-order chi connectivity index (χ1) is 6.27. The molecule has 0 fully saturated rings. The maximum absolute atomic E-state index is 5.75. The summed E-state index contributed by atoms with van der Waals surface area (Å²) in [4.78, 5) is 4.12. The second-order valence-corrected chi connectivity index (χ2v) is 3.02. The second kappa shape index (κ2) is 3.11. The van der Waals surface area contributed by atoms with Crippen LogP contribution < -0.4 is 5.73 Å². The summed E-state index contributed by atoms with van der Waals surface area (Å²) in [7, 11) is 0. The molecule has 66 valence electrons. The lowest BCUT2D eigenvalue weighted by Crippen LogP contribution is -2.00. The van der Waals surface area contributed by atoms with E-state index < -0.39 is 0 Å². The summed E-state index contributed by atoms with van der Waals surface area (Å²) in [5.74, 6) is 0.664. The molecule has 3 nitrogen and oxygen atoms in total. The minimum Gasteiger partial charge on any atom is -0.396 e. The van der Waals surface area contributed by atoms with Crippen molar-refractivity contribution in [1.29, 1.82) is 0 Å². The Labute approximate surface area is 80.8 Å². The van der Waals surface area contributed by atoms with Crippen LogP contribution in [0.4, 0.5) is 5.69 Å². The van der Waals surface area contributed by atoms with Crippen LogP contribution in [0.5, 0.6) is 0 Å². The van der Waals surface area contributed by atoms with Crippen LogP contribution in [0.25, 0.3) is 5.82 Å². The number of nitrogens with zero attached hydrogens (tertiary/aromatic N) is 2. The molecule has 2 aromatic rings. The van der Waals surface area contributed by atoms with Crippen molar-refractivity contribution in [2.75, 3.05) is 5.73 Å². The topological polar surface area (TPSA) is 43.8 Å². The molecule has 0 aliphatic heterocycles. The molecule has 0 saturated carbocycles. The highest BCUT2D eigenvalue weighted by Gasteiger charge is 2.02. The van der Waals surface area contributed by atoms with Crippen molar-refractivity contribution in [3.8, 4) is 5.82 Å². The maximum Gasteiger partial charge on any atom is 0.161 e. The molecule has 2 heterocycles. The molecular weight excluding hydrogens is 186 g/mol. The van der Waals surface area contributed by atoms with Crippen molar-refractivity contribution in [3.63, 3.8) is 0 Å². The van der Waals surface area contributed by atoms with E-state index in [0.717, 1.165) is 0 Å². The Balaban J connectivity index is 2.57. The molecule has 13 heavy (non-hydrogen) atoms. The van der Waals surface area contributed by atoms with E-state index in [2.05, 4.69) is 4.98 Å². The number of rotatable bonds is 1. The molecule has 0 saturated heterocycles. The zero-order valence-electron chi connectivity index (χ0n) is 6.81. The van der Waals surface area contributed by atoms with Gasteiger partial charge in [0.25, 0.3) is 0 Å². The van der Waals surface area contributed by atoms with Crippen LogP contribution in [-0.2, 0) is 0 Å². The predicted molar refractivity (Wildman–Crippen MR) is 53.0 cm³/mol. The fraction of sp³-hybridized carbons (Fsp3) is 0. The van der Waals surface area contributed by atoms with Crippen molar-refractivity contribution in [2.24, 2.45) is 0 Å². The standard InChI is InChI=1S/C9H8ClN3/c10-8-4-3-7(11)9(12-8)13-5-1-2-6-13/h1-6H,11H2. The molecule has 0 atom stereocenters. The first kappa shape index (κ1) is 8.13. The number of halogens is 1. The number of nitrogen functional groups attached to an aromatic ring is 1. The van der Waals surface area contributed by atoms with Gasteiger partial charge in [-0.25, -0.2) is 4.98 Å². The van der Waals surface area contributed by atoms with E-state index >= 15 is 0 Å². The molecule has 0 spiro atoms. The Morgan fingerprint density at radius 3 is 2.62 bits per heavy atom. The smallest absolute Gasteiger partial charge is 0.161 e. The molecule has 0 radical (unpaired) electrons. The van der Waals surface area contributed by atoms with Crippen molar-refractivity contribution in [1.82, 2.24) is 9.55 Å². The molecule has 0 bridgehead atoms. The van der Waals surface area contributed by atoms with Crippen LogP contribution in [0, 0.1) is 0 Å². The van der Waals surface area contributed by atoms with Gasteiger partial charge < -0.3 is 10.3 Å². The van der Waals surface area contributed by atoms with Crippen LogP contribution in [0.3, 0.4) is 0 Å². The number of aromatic nitrogens is 2. The highest BCUT2D eigenvalue weighted by molar-refractivity contribution is 6.29. The molecule has 0 aliphatic carbocycles. The van der Waals surface area contributed by atoms with Gasteiger partial charge in [-0.3, -0.25) is 0 Å². The van der Waals surface area contributed by atoms with E-state index in [1.54, 1.807) is 12.1 Å². The fourth-order valence-electron chi connectivity index (χ4n) is 1.12. The van der Waals surface area contributed by atoms with Crippen LogP contribution in [-0.4, -0.2) is 9.55 Å². The summed E-state index contributed by atoms with van der Waals surface area (Å²) >= 11 is 5.75. The zero-order valence-corrected chi connectivity index (χ0v) is 7.57. The number of anilines is 1. The SMILES string of the molecule is Nc1ccc(Cl)nc1-n1cccc1. The molecule has 2 aromatic heterocycles.